The van der Waals surface area contributed by atoms with Crippen molar-refractivity contribution in [3.8, 4) is 34.3 Å². The molecule has 4 rings (SSSR count). The van der Waals surface area contributed by atoms with E-state index in [1.807, 2.05) is 53.1 Å². The van der Waals surface area contributed by atoms with E-state index in [1.165, 1.54) is 36.0 Å². The van der Waals surface area contributed by atoms with Crippen molar-refractivity contribution < 1.29 is 27.8 Å². The highest BCUT2D eigenvalue weighted by molar-refractivity contribution is 7.99. The van der Waals surface area contributed by atoms with E-state index in [2.05, 4.69) is 14.9 Å². The van der Waals surface area contributed by atoms with Crippen molar-refractivity contribution in [1.82, 2.24) is 14.8 Å². The van der Waals surface area contributed by atoms with E-state index in [-0.39, 0.29) is 17.3 Å². The second-order valence-corrected chi connectivity index (χ2v) is 8.13. The van der Waals surface area contributed by atoms with Crippen LogP contribution >= 0.6 is 11.8 Å². The first-order valence-corrected chi connectivity index (χ1v) is 11.4. The first-order valence-electron chi connectivity index (χ1n) is 10.4. The molecule has 35 heavy (non-hydrogen) atoms. The van der Waals surface area contributed by atoms with E-state index < -0.39 is 6.61 Å². The largest absolute Gasteiger partial charge is 0.497 e. The summed E-state index contributed by atoms with van der Waals surface area (Å²) >= 11 is 1.22. The van der Waals surface area contributed by atoms with Crippen molar-refractivity contribution in [3.63, 3.8) is 0 Å². The number of aromatic nitrogens is 3. The predicted octanol–water partition coefficient (Wildman–Crippen LogP) is 5.53. The third-order valence-electron chi connectivity index (χ3n) is 5.03. The molecule has 0 saturated heterocycles. The molecule has 7 nitrogen and oxygen atoms in total. The molecular formula is C25H21F2N3O4S. The van der Waals surface area contributed by atoms with Crippen LogP contribution in [0.4, 0.5) is 8.78 Å². The molecule has 0 aliphatic carbocycles. The Morgan fingerprint density at radius 3 is 2.26 bits per heavy atom. The van der Waals surface area contributed by atoms with E-state index in [4.69, 9.17) is 9.47 Å². The van der Waals surface area contributed by atoms with Crippen LogP contribution in [0, 0.1) is 0 Å². The molecule has 0 N–H and O–H groups in total. The Hall–Kier alpha value is -3.92. The number of methoxy groups -OCH3 is 2. The molecule has 0 spiro atoms. The minimum Gasteiger partial charge on any atom is -0.497 e. The second-order valence-electron chi connectivity index (χ2n) is 7.19. The fraction of sp³-hybridized carbons (Fsp3) is 0.160. The predicted molar refractivity (Wildman–Crippen MR) is 128 cm³/mol. The summed E-state index contributed by atoms with van der Waals surface area (Å²) < 4.78 is 41.5. The van der Waals surface area contributed by atoms with Gasteiger partial charge in [-0.05, 0) is 60.7 Å². The summed E-state index contributed by atoms with van der Waals surface area (Å²) in [5, 5.41) is 9.22. The topological polar surface area (TPSA) is 75.5 Å². The maximum absolute atomic E-state index is 12.7. The lowest BCUT2D eigenvalue weighted by Gasteiger charge is -2.12. The number of Topliss-reactive ketones (excluding diaryl/α,β-unsaturated/α-hetero) is 1. The average molecular weight is 498 g/mol. The van der Waals surface area contributed by atoms with Crippen LogP contribution in [0.15, 0.2) is 78.0 Å². The molecule has 180 valence electrons. The molecule has 0 atom stereocenters. The highest BCUT2D eigenvalue weighted by atomic mass is 32.2. The standard InChI is InChI=1S/C25H21F2N3O4S/c1-32-19-12-8-18(9-13-19)30-23(17-4-3-5-21(14-17)33-2)28-29-25(30)35-15-22(31)16-6-10-20(11-7-16)34-24(26)27/h3-14,24H,15H2,1-2H3. The summed E-state index contributed by atoms with van der Waals surface area (Å²) in [6, 6.07) is 20.4. The number of hydrogen-bond acceptors (Lipinski definition) is 7. The number of halogens is 2. The molecule has 1 aromatic heterocycles. The van der Waals surface area contributed by atoms with Crippen LogP contribution in [-0.4, -0.2) is 47.1 Å². The molecule has 10 heteroatoms. The van der Waals surface area contributed by atoms with Gasteiger partial charge in [0.25, 0.3) is 0 Å². The molecule has 0 aliphatic rings. The first-order chi connectivity index (χ1) is 17.0. The van der Waals surface area contributed by atoms with Crippen LogP contribution in [0.2, 0.25) is 0 Å². The molecule has 1 heterocycles. The lowest BCUT2D eigenvalue weighted by atomic mass is 10.1. The fourth-order valence-electron chi connectivity index (χ4n) is 3.31. The van der Waals surface area contributed by atoms with Crippen LogP contribution in [0.3, 0.4) is 0 Å². The number of rotatable bonds is 10. The summed E-state index contributed by atoms with van der Waals surface area (Å²) in [7, 11) is 3.18. The van der Waals surface area contributed by atoms with Gasteiger partial charge in [0, 0.05) is 16.8 Å². The smallest absolute Gasteiger partial charge is 0.387 e. The number of ether oxygens (including phenoxy) is 3. The molecule has 0 bridgehead atoms. The van der Waals surface area contributed by atoms with Crippen molar-refractivity contribution in [2.75, 3.05) is 20.0 Å². The Morgan fingerprint density at radius 2 is 1.60 bits per heavy atom. The van der Waals surface area contributed by atoms with E-state index >= 15 is 0 Å². The van der Waals surface area contributed by atoms with Gasteiger partial charge in [0.2, 0.25) is 0 Å². The van der Waals surface area contributed by atoms with Gasteiger partial charge in [-0.1, -0.05) is 23.9 Å². The first kappa shape index (κ1) is 24.2. The average Bonchev–Trinajstić information content (AvgIpc) is 3.31. The zero-order chi connectivity index (χ0) is 24.8. The number of hydrogen-bond donors (Lipinski definition) is 0. The van der Waals surface area contributed by atoms with Gasteiger partial charge in [-0.15, -0.1) is 10.2 Å². The zero-order valence-corrected chi connectivity index (χ0v) is 19.7. The van der Waals surface area contributed by atoms with Crippen molar-refractivity contribution in [1.29, 1.82) is 0 Å². The van der Waals surface area contributed by atoms with Crippen molar-refractivity contribution in [2.45, 2.75) is 11.8 Å². The van der Waals surface area contributed by atoms with E-state index in [9.17, 15) is 13.6 Å². The Bertz CT molecular complexity index is 1300. The van der Waals surface area contributed by atoms with Gasteiger partial charge < -0.3 is 14.2 Å². The van der Waals surface area contributed by atoms with E-state index in [0.717, 1.165) is 11.3 Å². The Labute approximate surface area is 204 Å². The molecule has 0 aliphatic heterocycles. The van der Waals surface area contributed by atoms with Crippen LogP contribution in [0.1, 0.15) is 10.4 Å². The summed E-state index contributed by atoms with van der Waals surface area (Å²) in [5.74, 6) is 1.83. The van der Waals surface area contributed by atoms with Crippen molar-refractivity contribution in [2.24, 2.45) is 0 Å². The van der Waals surface area contributed by atoms with Gasteiger partial charge in [-0.25, -0.2) is 0 Å². The molecule has 0 fully saturated rings. The highest BCUT2D eigenvalue weighted by Crippen LogP contribution is 2.31. The third kappa shape index (κ3) is 5.78. The number of thioether (sulfide) groups is 1. The highest BCUT2D eigenvalue weighted by Gasteiger charge is 2.18. The number of ketones is 1. The van der Waals surface area contributed by atoms with Crippen molar-refractivity contribution in [3.05, 3.63) is 78.4 Å². The molecule has 0 radical (unpaired) electrons. The van der Waals surface area contributed by atoms with Crippen molar-refractivity contribution >= 4 is 17.5 Å². The maximum atomic E-state index is 12.7. The minimum atomic E-state index is -2.92. The monoisotopic (exact) mass is 497 g/mol. The molecule has 0 amide bonds. The lowest BCUT2D eigenvalue weighted by molar-refractivity contribution is -0.0498. The van der Waals surface area contributed by atoms with Gasteiger partial charge in [0.1, 0.15) is 17.2 Å². The van der Waals surface area contributed by atoms with Crippen LogP contribution in [0.25, 0.3) is 17.1 Å². The molecule has 4 aromatic rings. The molecule has 0 unspecified atom stereocenters. The number of alkyl halides is 2. The fourth-order valence-corrected chi connectivity index (χ4v) is 4.16. The molecule has 3 aromatic carbocycles. The van der Waals surface area contributed by atoms with Gasteiger partial charge in [0.05, 0.1) is 20.0 Å². The number of carbonyl (C=O) groups excluding carboxylic acids is 1. The Balaban J connectivity index is 1.61. The summed E-state index contributed by atoms with van der Waals surface area (Å²) in [4.78, 5) is 12.7. The summed E-state index contributed by atoms with van der Waals surface area (Å²) in [5.41, 5.74) is 1.96. The minimum absolute atomic E-state index is 0.00798. The van der Waals surface area contributed by atoms with Gasteiger partial charge in [0.15, 0.2) is 16.8 Å². The maximum Gasteiger partial charge on any atom is 0.387 e. The van der Waals surface area contributed by atoms with Gasteiger partial charge in [-0.2, -0.15) is 8.78 Å². The molecular weight excluding hydrogens is 476 g/mol. The SMILES string of the molecule is COc1ccc(-n2c(SCC(=O)c3ccc(OC(F)F)cc3)nnc2-c2cccc(OC)c2)cc1. The van der Waals surface area contributed by atoms with Crippen LogP contribution in [-0.2, 0) is 0 Å². The Morgan fingerprint density at radius 1 is 0.914 bits per heavy atom. The van der Waals surface area contributed by atoms with Crippen LogP contribution in [0.5, 0.6) is 17.2 Å². The number of carbonyl (C=O) groups is 1. The van der Waals surface area contributed by atoms with Gasteiger partial charge >= 0.3 is 6.61 Å². The third-order valence-corrected chi connectivity index (χ3v) is 5.95. The van der Waals surface area contributed by atoms with E-state index in [0.29, 0.717) is 28.0 Å². The second kappa shape index (κ2) is 11.0. The number of benzene rings is 3. The zero-order valence-electron chi connectivity index (χ0n) is 18.9. The van der Waals surface area contributed by atoms with E-state index in [1.54, 1.807) is 14.2 Å². The Kier molecular flexibility index (Phi) is 7.61. The summed E-state index contributed by atoms with van der Waals surface area (Å²) in [6.07, 6.45) is 0. The quantitative estimate of drug-likeness (QED) is 0.211. The lowest BCUT2D eigenvalue weighted by Crippen LogP contribution is -2.06. The number of nitrogens with zero attached hydrogens (tertiary/aromatic N) is 3. The van der Waals surface area contributed by atoms with Gasteiger partial charge in [-0.3, -0.25) is 9.36 Å². The summed E-state index contributed by atoms with van der Waals surface area (Å²) in [6.45, 7) is -2.92. The molecule has 0 saturated carbocycles. The normalized spacial score (nSPS) is 10.9. The van der Waals surface area contributed by atoms with Crippen LogP contribution < -0.4 is 14.2 Å².